The molecule has 1 amide bonds. The Bertz CT molecular complexity index is 800. The molecule has 0 aliphatic rings. The molecule has 0 bridgehead atoms. The lowest BCUT2D eigenvalue weighted by atomic mass is 10.1. The maximum Gasteiger partial charge on any atom is 0.338 e. The molecule has 2 rings (SSSR count). The van der Waals surface area contributed by atoms with E-state index in [0.29, 0.717) is 5.76 Å². The van der Waals surface area contributed by atoms with Gasteiger partial charge < -0.3 is 19.3 Å². The molecule has 0 unspecified atom stereocenters. The number of aromatic nitrogens is 1. The predicted octanol–water partition coefficient (Wildman–Crippen LogP) is 1.70. The number of nitrogens with one attached hydrogen (secondary N) is 1. The van der Waals surface area contributed by atoms with E-state index in [-0.39, 0.29) is 30.2 Å². The molecule has 2 aromatic rings. The van der Waals surface area contributed by atoms with Crippen molar-refractivity contribution in [3.05, 3.63) is 51.3 Å². The molecule has 1 heterocycles. The topological polar surface area (TPSA) is 134 Å². The number of benzene rings is 1. The largest absolute Gasteiger partial charge is 0.479 e. The normalized spacial score (nSPS) is 10.2. The van der Waals surface area contributed by atoms with Gasteiger partial charge in [-0.05, 0) is 18.1 Å². The molecule has 10 heteroatoms. The zero-order valence-corrected chi connectivity index (χ0v) is 13.5. The van der Waals surface area contributed by atoms with Crippen LogP contribution < -0.4 is 10.1 Å². The van der Waals surface area contributed by atoms with Crippen molar-refractivity contribution in [1.29, 1.82) is 0 Å². The van der Waals surface area contributed by atoms with Crippen molar-refractivity contribution in [3.8, 4) is 5.88 Å². The second kappa shape index (κ2) is 7.90. The number of non-ortho nitro benzene ring substituents is 1. The van der Waals surface area contributed by atoms with Crippen LogP contribution in [0, 0.1) is 10.1 Å². The van der Waals surface area contributed by atoms with E-state index >= 15 is 0 Å². The lowest BCUT2D eigenvalue weighted by molar-refractivity contribution is -0.384. The number of esters is 1. The number of methoxy groups -OCH3 is 1. The van der Waals surface area contributed by atoms with Gasteiger partial charge in [0, 0.05) is 23.8 Å². The number of rotatable bonds is 7. The van der Waals surface area contributed by atoms with E-state index in [1.54, 1.807) is 6.92 Å². The zero-order valence-electron chi connectivity index (χ0n) is 13.5. The van der Waals surface area contributed by atoms with Gasteiger partial charge in [-0.25, -0.2) is 4.79 Å². The van der Waals surface area contributed by atoms with E-state index < -0.39 is 22.5 Å². The summed E-state index contributed by atoms with van der Waals surface area (Å²) in [5, 5.41) is 17.1. The molecule has 0 radical (unpaired) electrons. The van der Waals surface area contributed by atoms with Gasteiger partial charge in [-0.3, -0.25) is 14.9 Å². The van der Waals surface area contributed by atoms with Crippen LogP contribution in [-0.2, 0) is 11.3 Å². The molecule has 1 aromatic heterocycles. The number of hydrogen-bond donors (Lipinski definition) is 1. The summed E-state index contributed by atoms with van der Waals surface area (Å²) in [6, 6.07) is 4.83. The maximum absolute atomic E-state index is 12.2. The van der Waals surface area contributed by atoms with Crippen molar-refractivity contribution >= 4 is 17.6 Å². The third kappa shape index (κ3) is 4.53. The van der Waals surface area contributed by atoms with Gasteiger partial charge in [0.1, 0.15) is 0 Å². The molecule has 1 aromatic carbocycles. The second-order valence-electron chi connectivity index (χ2n) is 4.76. The van der Waals surface area contributed by atoms with Crippen LogP contribution in [0.1, 0.15) is 33.4 Å². The summed E-state index contributed by atoms with van der Waals surface area (Å²) < 4.78 is 14.6. The molecule has 0 saturated heterocycles. The molecule has 1 N–H and O–H groups in total. The summed E-state index contributed by atoms with van der Waals surface area (Å²) >= 11 is 0. The molecular formula is C15H15N3O7. The Balaban J connectivity index is 2.19. The van der Waals surface area contributed by atoms with Crippen LogP contribution in [0.15, 0.2) is 28.8 Å². The minimum absolute atomic E-state index is 0.00732. The standard InChI is InChI=1S/C15H15N3O7/c1-3-24-15(20)10-4-9(5-11(6-10)18(21)22)14(19)16-8-12-7-13(23-2)17-25-12/h4-7H,3,8H2,1-2H3,(H,16,19). The van der Waals surface area contributed by atoms with Crippen molar-refractivity contribution in [2.24, 2.45) is 0 Å². The molecule has 0 saturated carbocycles. The quantitative estimate of drug-likeness (QED) is 0.453. The van der Waals surface area contributed by atoms with Crippen LogP contribution in [0.5, 0.6) is 5.88 Å². The van der Waals surface area contributed by atoms with Gasteiger partial charge in [-0.2, -0.15) is 0 Å². The van der Waals surface area contributed by atoms with Gasteiger partial charge in [0.05, 0.1) is 30.7 Å². The van der Waals surface area contributed by atoms with Crippen LogP contribution >= 0.6 is 0 Å². The second-order valence-corrected chi connectivity index (χ2v) is 4.76. The Morgan fingerprint density at radius 1 is 1.28 bits per heavy atom. The summed E-state index contributed by atoms with van der Waals surface area (Å²) in [4.78, 5) is 34.3. The first-order chi connectivity index (χ1) is 11.9. The monoisotopic (exact) mass is 349 g/mol. The molecule has 10 nitrogen and oxygen atoms in total. The average Bonchev–Trinajstić information content (AvgIpc) is 3.07. The van der Waals surface area contributed by atoms with E-state index in [0.717, 1.165) is 12.1 Å². The van der Waals surface area contributed by atoms with Crippen molar-refractivity contribution in [3.63, 3.8) is 0 Å². The minimum atomic E-state index is -0.750. The summed E-state index contributed by atoms with van der Waals surface area (Å²) in [6.45, 7) is 1.71. The Morgan fingerprint density at radius 3 is 2.60 bits per heavy atom. The number of nitro groups is 1. The van der Waals surface area contributed by atoms with E-state index in [1.807, 2.05) is 0 Å². The first-order valence-corrected chi connectivity index (χ1v) is 7.19. The van der Waals surface area contributed by atoms with E-state index in [1.165, 1.54) is 19.2 Å². The highest BCUT2D eigenvalue weighted by Crippen LogP contribution is 2.18. The first kappa shape index (κ1) is 17.9. The lowest BCUT2D eigenvalue weighted by Gasteiger charge is -2.06. The average molecular weight is 349 g/mol. The van der Waals surface area contributed by atoms with Crippen LogP contribution in [0.4, 0.5) is 5.69 Å². The molecule has 25 heavy (non-hydrogen) atoms. The Labute approximate surface area is 141 Å². The van der Waals surface area contributed by atoms with Gasteiger partial charge in [-0.1, -0.05) is 0 Å². The van der Waals surface area contributed by atoms with Crippen molar-refractivity contribution in [2.75, 3.05) is 13.7 Å². The number of carbonyl (C=O) groups excluding carboxylic acids is 2. The van der Waals surface area contributed by atoms with Crippen molar-refractivity contribution < 1.29 is 28.5 Å². The van der Waals surface area contributed by atoms with E-state index in [2.05, 4.69) is 10.5 Å². The highest BCUT2D eigenvalue weighted by Gasteiger charge is 2.19. The number of nitrogens with zero attached hydrogens (tertiary/aromatic N) is 2. The summed E-state index contributed by atoms with van der Waals surface area (Å²) in [6.07, 6.45) is 0. The summed E-state index contributed by atoms with van der Waals surface area (Å²) in [5.74, 6) is -0.782. The number of ether oxygens (including phenoxy) is 2. The maximum atomic E-state index is 12.2. The van der Waals surface area contributed by atoms with Gasteiger partial charge in [0.2, 0.25) is 0 Å². The highest BCUT2D eigenvalue weighted by atomic mass is 16.6. The number of nitro benzene ring substituents is 1. The Kier molecular flexibility index (Phi) is 5.66. The first-order valence-electron chi connectivity index (χ1n) is 7.19. The van der Waals surface area contributed by atoms with Crippen LogP contribution in [0.2, 0.25) is 0 Å². The van der Waals surface area contributed by atoms with Crippen molar-refractivity contribution in [1.82, 2.24) is 10.5 Å². The van der Waals surface area contributed by atoms with Crippen LogP contribution in [0.25, 0.3) is 0 Å². The van der Waals surface area contributed by atoms with E-state index in [9.17, 15) is 19.7 Å². The fraction of sp³-hybridized carbons (Fsp3) is 0.267. The number of hydrogen-bond acceptors (Lipinski definition) is 8. The molecular weight excluding hydrogens is 334 g/mol. The van der Waals surface area contributed by atoms with E-state index in [4.69, 9.17) is 14.0 Å². The molecule has 0 spiro atoms. The fourth-order valence-electron chi connectivity index (χ4n) is 1.92. The molecule has 132 valence electrons. The van der Waals surface area contributed by atoms with Crippen LogP contribution in [-0.4, -0.2) is 35.7 Å². The SMILES string of the molecule is CCOC(=O)c1cc(C(=O)NCc2cc(OC)no2)cc([N+](=O)[O-])c1. The highest BCUT2D eigenvalue weighted by molar-refractivity contribution is 5.98. The smallest absolute Gasteiger partial charge is 0.338 e. The fourth-order valence-corrected chi connectivity index (χ4v) is 1.92. The molecule has 0 atom stereocenters. The third-order valence-electron chi connectivity index (χ3n) is 3.07. The summed E-state index contributed by atoms with van der Waals surface area (Å²) in [7, 11) is 1.42. The third-order valence-corrected chi connectivity index (χ3v) is 3.07. The van der Waals surface area contributed by atoms with Crippen molar-refractivity contribution in [2.45, 2.75) is 13.5 Å². The van der Waals surface area contributed by atoms with Crippen LogP contribution in [0.3, 0.4) is 0 Å². The molecule has 0 fully saturated rings. The molecule has 0 aliphatic carbocycles. The van der Waals surface area contributed by atoms with Gasteiger partial charge in [-0.15, -0.1) is 0 Å². The van der Waals surface area contributed by atoms with Gasteiger partial charge >= 0.3 is 5.97 Å². The van der Waals surface area contributed by atoms with Gasteiger partial charge in [0.25, 0.3) is 17.5 Å². The number of amides is 1. The van der Waals surface area contributed by atoms with Gasteiger partial charge in [0.15, 0.2) is 5.76 Å². The minimum Gasteiger partial charge on any atom is -0.479 e. The summed E-state index contributed by atoms with van der Waals surface area (Å²) in [5.41, 5.74) is -0.525. The zero-order chi connectivity index (χ0) is 18.4. The predicted molar refractivity (Wildman–Crippen MR) is 83.3 cm³/mol. The molecule has 0 aliphatic heterocycles. The number of carbonyl (C=O) groups is 2. The Hall–Kier alpha value is -3.43. The Morgan fingerprint density at radius 2 is 2.00 bits per heavy atom. The lowest BCUT2D eigenvalue weighted by Crippen LogP contribution is -2.23.